The van der Waals surface area contributed by atoms with Gasteiger partial charge >= 0.3 is 0 Å². The summed E-state index contributed by atoms with van der Waals surface area (Å²) in [6.07, 6.45) is 1.67. The van der Waals surface area contributed by atoms with Crippen molar-refractivity contribution in [1.29, 1.82) is 0 Å². The summed E-state index contributed by atoms with van der Waals surface area (Å²) < 4.78 is 20.1. The smallest absolute Gasteiger partial charge is 0.218 e. The van der Waals surface area contributed by atoms with Crippen LogP contribution in [0.4, 0.5) is 4.39 Å². The summed E-state index contributed by atoms with van der Waals surface area (Å²) in [5.41, 5.74) is 1.46. The molecule has 0 radical (unpaired) electrons. The van der Waals surface area contributed by atoms with Gasteiger partial charge in [0.05, 0.1) is 0 Å². The Morgan fingerprint density at radius 1 is 1.30 bits per heavy atom. The number of hydrogen-bond donors (Lipinski definition) is 1. The highest BCUT2D eigenvalue weighted by atomic mass is 79.9. The van der Waals surface area contributed by atoms with Crippen LogP contribution < -0.4 is 10.1 Å². The number of nitrogens with one attached hydrogen (secondary N) is 1. The summed E-state index contributed by atoms with van der Waals surface area (Å²) in [5.74, 6) is 0.259. The molecule has 2 aromatic rings. The van der Waals surface area contributed by atoms with Gasteiger partial charge in [0, 0.05) is 28.3 Å². The maximum Gasteiger partial charge on any atom is 0.218 e. The van der Waals surface area contributed by atoms with Crippen molar-refractivity contribution < 1.29 is 9.13 Å². The molecule has 0 atom stereocenters. The van der Waals surface area contributed by atoms with Crippen LogP contribution >= 0.6 is 15.9 Å². The molecular weight excluding hydrogens is 323 g/mol. The Balaban J connectivity index is 2.10. The van der Waals surface area contributed by atoms with Crippen molar-refractivity contribution in [1.82, 2.24) is 10.3 Å². The molecule has 0 spiro atoms. The first-order valence-corrected chi connectivity index (χ1v) is 7.21. The van der Waals surface area contributed by atoms with E-state index in [-0.39, 0.29) is 12.4 Å². The topological polar surface area (TPSA) is 34.2 Å². The molecule has 1 aromatic heterocycles. The monoisotopic (exact) mass is 338 g/mol. The number of pyridine rings is 1. The van der Waals surface area contributed by atoms with Crippen LogP contribution in [0, 0.1) is 5.82 Å². The number of hydrogen-bond acceptors (Lipinski definition) is 3. The van der Waals surface area contributed by atoms with Gasteiger partial charge in [-0.2, -0.15) is 0 Å². The normalized spacial score (nSPS) is 10.6. The molecule has 0 saturated heterocycles. The standard InChI is InChI=1S/C15H16BrFN2O/c1-2-18-8-12-7-13(16)9-19-15(12)20-10-11-5-3-4-6-14(11)17/h3-7,9,18H,2,8,10H2,1H3. The van der Waals surface area contributed by atoms with Crippen molar-refractivity contribution in [3.8, 4) is 5.88 Å². The lowest BCUT2D eigenvalue weighted by Gasteiger charge is -2.11. The van der Waals surface area contributed by atoms with Crippen LogP contribution in [0.15, 0.2) is 41.0 Å². The number of benzene rings is 1. The molecule has 0 bridgehead atoms. The molecule has 1 aromatic carbocycles. The van der Waals surface area contributed by atoms with Crippen LogP contribution in [-0.4, -0.2) is 11.5 Å². The Hall–Kier alpha value is -1.46. The second-order valence-corrected chi connectivity index (χ2v) is 5.19. The minimum Gasteiger partial charge on any atom is -0.472 e. The molecule has 106 valence electrons. The van der Waals surface area contributed by atoms with Crippen molar-refractivity contribution in [2.45, 2.75) is 20.1 Å². The fourth-order valence-electron chi connectivity index (χ4n) is 1.75. The van der Waals surface area contributed by atoms with E-state index in [2.05, 4.69) is 26.2 Å². The highest BCUT2D eigenvalue weighted by Gasteiger charge is 2.08. The average molecular weight is 339 g/mol. The number of aromatic nitrogens is 1. The first kappa shape index (κ1) is 14.9. The average Bonchev–Trinajstić information content (AvgIpc) is 2.45. The molecular formula is C15H16BrFN2O. The predicted molar refractivity (Wildman–Crippen MR) is 80.0 cm³/mol. The summed E-state index contributed by atoms with van der Waals surface area (Å²) in [5, 5.41) is 3.23. The Morgan fingerprint density at radius 3 is 2.85 bits per heavy atom. The summed E-state index contributed by atoms with van der Waals surface area (Å²) in [7, 11) is 0. The van der Waals surface area contributed by atoms with E-state index in [0.29, 0.717) is 18.0 Å². The molecule has 1 N–H and O–H groups in total. The quantitative estimate of drug-likeness (QED) is 0.872. The van der Waals surface area contributed by atoms with E-state index in [1.54, 1.807) is 24.4 Å². The lowest BCUT2D eigenvalue weighted by molar-refractivity contribution is 0.284. The number of rotatable bonds is 6. The van der Waals surface area contributed by atoms with E-state index >= 15 is 0 Å². The largest absolute Gasteiger partial charge is 0.472 e. The van der Waals surface area contributed by atoms with Gasteiger partial charge in [0.15, 0.2) is 0 Å². The molecule has 0 unspecified atom stereocenters. The number of nitrogens with zero attached hydrogens (tertiary/aromatic N) is 1. The van der Waals surface area contributed by atoms with Crippen LogP contribution in [0.3, 0.4) is 0 Å². The molecule has 20 heavy (non-hydrogen) atoms. The Kier molecular flexibility index (Phi) is 5.49. The second kappa shape index (κ2) is 7.36. The van der Waals surface area contributed by atoms with E-state index < -0.39 is 0 Å². The fourth-order valence-corrected chi connectivity index (χ4v) is 2.13. The van der Waals surface area contributed by atoms with E-state index in [1.807, 2.05) is 13.0 Å². The number of ether oxygens (including phenoxy) is 1. The predicted octanol–water partition coefficient (Wildman–Crippen LogP) is 3.67. The molecule has 0 saturated carbocycles. The highest BCUT2D eigenvalue weighted by Crippen LogP contribution is 2.21. The van der Waals surface area contributed by atoms with Crippen molar-refractivity contribution in [2.75, 3.05) is 6.54 Å². The van der Waals surface area contributed by atoms with E-state index in [9.17, 15) is 4.39 Å². The fraction of sp³-hybridized carbons (Fsp3) is 0.267. The lowest BCUT2D eigenvalue weighted by atomic mass is 10.2. The molecule has 0 aliphatic heterocycles. The number of halogens is 2. The maximum atomic E-state index is 13.5. The van der Waals surface area contributed by atoms with Crippen LogP contribution in [0.5, 0.6) is 5.88 Å². The molecule has 0 aliphatic rings. The molecule has 5 heteroatoms. The first-order valence-electron chi connectivity index (χ1n) is 6.42. The molecule has 3 nitrogen and oxygen atoms in total. The van der Waals surface area contributed by atoms with Crippen LogP contribution in [0.25, 0.3) is 0 Å². The van der Waals surface area contributed by atoms with Crippen molar-refractivity contribution in [3.63, 3.8) is 0 Å². The van der Waals surface area contributed by atoms with Gasteiger partial charge in [0.2, 0.25) is 5.88 Å². The molecule has 0 amide bonds. The summed E-state index contributed by atoms with van der Waals surface area (Å²) >= 11 is 3.39. The van der Waals surface area contributed by atoms with E-state index in [1.165, 1.54) is 6.07 Å². The van der Waals surface area contributed by atoms with Crippen LogP contribution in [0.1, 0.15) is 18.1 Å². The van der Waals surface area contributed by atoms with Gasteiger partial charge in [-0.05, 0) is 34.6 Å². The molecule has 0 fully saturated rings. The van der Waals surface area contributed by atoms with Crippen molar-refractivity contribution in [3.05, 3.63) is 57.9 Å². The molecule has 0 aliphatic carbocycles. The van der Waals surface area contributed by atoms with Gasteiger partial charge in [-0.25, -0.2) is 9.37 Å². The van der Waals surface area contributed by atoms with Crippen molar-refractivity contribution in [2.24, 2.45) is 0 Å². The van der Waals surface area contributed by atoms with Gasteiger partial charge < -0.3 is 10.1 Å². The SMILES string of the molecule is CCNCc1cc(Br)cnc1OCc1ccccc1F. The molecule has 1 heterocycles. The van der Waals surface area contributed by atoms with Gasteiger partial charge in [0.1, 0.15) is 12.4 Å². The summed E-state index contributed by atoms with van der Waals surface area (Å²) in [4.78, 5) is 4.24. The third-order valence-corrected chi connectivity index (χ3v) is 3.21. The van der Waals surface area contributed by atoms with E-state index in [0.717, 1.165) is 16.6 Å². The zero-order valence-corrected chi connectivity index (χ0v) is 12.8. The first-order chi connectivity index (χ1) is 9.70. The second-order valence-electron chi connectivity index (χ2n) is 4.28. The van der Waals surface area contributed by atoms with Gasteiger partial charge in [-0.3, -0.25) is 0 Å². The molecule has 2 rings (SSSR count). The summed E-state index contributed by atoms with van der Waals surface area (Å²) in [6, 6.07) is 8.53. The lowest BCUT2D eigenvalue weighted by Crippen LogP contribution is -2.13. The minimum atomic E-state index is -0.266. The Morgan fingerprint density at radius 2 is 2.10 bits per heavy atom. The Labute approximate surface area is 126 Å². The minimum absolute atomic E-state index is 0.167. The van der Waals surface area contributed by atoms with Crippen LogP contribution in [-0.2, 0) is 13.2 Å². The third kappa shape index (κ3) is 4.02. The van der Waals surface area contributed by atoms with Gasteiger partial charge in [-0.15, -0.1) is 0 Å². The summed E-state index contributed by atoms with van der Waals surface area (Å²) in [6.45, 7) is 3.72. The zero-order valence-electron chi connectivity index (χ0n) is 11.2. The zero-order chi connectivity index (χ0) is 14.4. The van der Waals surface area contributed by atoms with Gasteiger partial charge in [0.25, 0.3) is 0 Å². The maximum absolute atomic E-state index is 13.5. The third-order valence-electron chi connectivity index (χ3n) is 2.78. The van der Waals surface area contributed by atoms with Gasteiger partial charge in [-0.1, -0.05) is 25.1 Å². The Bertz CT molecular complexity index is 578. The van der Waals surface area contributed by atoms with Crippen LogP contribution in [0.2, 0.25) is 0 Å². The van der Waals surface area contributed by atoms with E-state index in [4.69, 9.17) is 4.74 Å². The van der Waals surface area contributed by atoms with Crippen molar-refractivity contribution >= 4 is 15.9 Å². The highest BCUT2D eigenvalue weighted by molar-refractivity contribution is 9.10.